The van der Waals surface area contributed by atoms with E-state index in [9.17, 15) is 0 Å². The summed E-state index contributed by atoms with van der Waals surface area (Å²) in [6, 6.07) is 48.0. The van der Waals surface area contributed by atoms with Crippen molar-refractivity contribution >= 4 is 80.5 Å². The van der Waals surface area contributed by atoms with Crippen LogP contribution in [0.3, 0.4) is 0 Å². The van der Waals surface area contributed by atoms with E-state index in [0.717, 1.165) is 6.42 Å². The number of thiophene rings is 1. The molecule has 0 bridgehead atoms. The van der Waals surface area contributed by atoms with Gasteiger partial charge in [0.1, 0.15) is 0 Å². The molecule has 0 spiro atoms. The molecule has 56 heavy (non-hydrogen) atoms. The monoisotopic (exact) mass is 732 g/mol. The SMILES string of the molecule is CC1(C)C2=CC=C(c3c4ccccc4c(C4=CC=C(c5ccccc5)C5C=CC=CC45)c4ccccc34)CC2c2ccc3cc4sc5ccccc5c4cc3c21. The van der Waals surface area contributed by atoms with Crippen molar-refractivity contribution < 1.29 is 0 Å². The second-order valence-corrected chi connectivity index (χ2v) is 17.7. The van der Waals surface area contributed by atoms with E-state index in [1.165, 1.54) is 97.0 Å². The van der Waals surface area contributed by atoms with Crippen LogP contribution in [-0.2, 0) is 5.41 Å². The molecule has 0 amide bonds. The normalized spacial score (nSPS) is 20.9. The standard InChI is InChI=1S/C55H40S/c1-55(2)49-29-25-35(30-47(49)45-26-24-34-31-51-48(32-46(34)54(45)55)39-18-12-13-23-50(39)56-51)52-40-19-8-10-21-42(40)53(43-22-11-9-20-41(43)52)44-28-27-36(33-14-4-3-5-15-33)37-16-6-7-17-38(37)44/h3-29,31-32,37-38,47H,30H2,1-2H3. The van der Waals surface area contributed by atoms with Crippen molar-refractivity contribution in [2.45, 2.75) is 31.6 Å². The lowest BCUT2D eigenvalue weighted by Crippen LogP contribution is -2.19. The number of fused-ring (bicyclic) bond motifs is 11. The van der Waals surface area contributed by atoms with Crippen LogP contribution in [0.1, 0.15) is 54.0 Å². The predicted octanol–water partition coefficient (Wildman–Crippen LogP) is 15.1. The first kappa shape index (κ1) is 32.2. The first-order valence-electron chi connectivity index (χ1n) is 20.1. The van der Waals surface area contributed by atoms with Crippen molar-refractivity contribution in [2.75, 3.05) is 0 Å². The lowest BCUT2D eigenvalue weighted by molar-refractivity contribution is 0.618. The highest BCUT2D eigenvalue weighted by atomic mass is 32.1. The Kier molecular flexibility index (Phi) is 6.90. The van der Waals surface area contributed by atoms with Crippen molar-refractivity contribution in [1.82, 2.24) is 0 Å². The van der Waals surface area contributed by atoms with Crippen molar-refractivity contribution in [3.63, 3.8) is 0 Å². The van der Waals surface area contributed by atoms with Crippen molar-refractivity contribution in [3.8, 4) is 0 Å². The summed E-state index contributed by atoms with van der Waals surface area (Å²) in [4.78, 5) is 0. The molecule has 8 aromatic rings. The molecule has 0 radical (unpaired) electrons. The third-order valence-electron chi connectivity index (χ3n) is 13.5. The lowest BCUT2D eigenvalue weighted by Gasteiger charge is -2.34. The smallest absolute Gasteiger partial charge is 0.0361 e. The summed E-state index contributed by atoms with van der Waals surface area (Å²) in [5.41, 5.74) is 12.8. The van der Waals surface area contributed by atoms with Gasteiger partial charge >= 0.3 is 0 Å². The van der Waals surface area contributed by atoms with Crippen molar-refractivity contribution in [2.24, 2.45) is 11.8 Å². The van der Waals surface area contributed by atoms with Crippen LogP contribution in [0.25, 0.3) is 69.2 Å². The van der Waals surface area contributed by atoms with Crippen LogP contribution < -0.4 is 0 Å². The van der Waals surface area contributed by atoms with Crippen molar-refractivity contribution in [1.29, 1.82) is 0 Å². The zero-order valence-corrected chi connectivity index (χ0v) is 32.4. The van der Waals surface area contributed by atoms with Gasteiger partial charge in [-0.1, -0.05) is 177 Å². The lowest BCUT2D eigenvalue weighted by atomic mass is 9.69. The van der Waals surface area contributed by atoms with E-state index in [1.807, 2.05) is 11.3 Å². The maximum Gasteiger partial charge on any atom is 0.0361 e. The van der Waals surface area contributed by atoms with E-state index < -0.39 is 0 Å². The average Bonchev–Trinajstić information content (AvgIpc) is 3.72. The third kappa shape index (κ3) is 4.52. The Morgan fingerprint density at radius 2 is 1.14 bits per heavy atom. The Morgan fingerprint density at radius 3 is 1.88 bits per heavy atom. The summed E-state index contributed by atoms with van der Waals surface area (Å²) in [6.45, 7) is 4.92. The Hall–Kier alpha value is -6.02. The van der Waals surface area contributed by atoms with E-state index in [0.29, 0.717) is 11.8 Å². The molecule has 0 nitrogen and oxygen atoms in total. The van der Waals surface area contributed by atoms with E-state index in [1.54, 1.807) is 5.57 Å². The molecular weight excluding hydrogens is 693 g/mol. The topological polar surface area (TPSA) is 0 Å². The van der Waals surface area contributed by atoms with Crippen LogP contribution >= 0.6 is 11.3 Å². The summed E-state index contributed by atoms with van der Waals surface area (Å²) in [6.07, 6.45) is 20.1. The molecule has 3 atom stereocenters. The molecule has 4 aliphatic carbocycles. The summed E-state index contributed by atoms with van der Waals surface area (Å²) in [5, 5.41) is 10.9. The number of benzene rings is 7. The first-order valence-corrected chi connectivity index (χ1v) is 20.9. The third-order valence-corrected chi connectivity index (χ3v) is 14.6. The molecule has 266 valence electrons. The minimum absolute atomic E-state index is 0.0624. The van der Waals surface area contributed by atoms with Crippen LogP contribution in [0.5, 0.6) is 0 Å². The van der Waals surface area contributed by atoms with Crippen LogP contribution in [0.15, 0.2) is 182 Å². The molecule has 0 saturated heterocycles. The average molecular weight is 733 g/mol. The Balaban J connectivity index is 1.03. The fourth-order valence-corrected chi connectivity index (χ4v) is 12.2. The molecular formula is C55H40S. The minimum atomic E-state index is -0.0624. The highest BCUT2D eigenvalue weighted by Gasteiger charge is 2.44. The van der Waals surface area contributed by atoms with Gasteiger partial charge in [-0.2, -0.15) is 0 Å². The van der Waals surface area contributed by atoms with Crippen LogP contribution in [-0.4, -0.2) is 0 Å². The molecule has 0 N–H and O–H groups in total. The maximum absolute atomic E-state index is 2.51. The van der Waals surface area contributed by atoms with Gasteiger partial charge in [0.25, 0.3) is 0 Å². The fraction of sp³-hybridized carbons (Fsp3) is 0.127. The van der Waals surface area contributed by atoms with E-state index in [4.69, 9.17) is 0 Å². The number of allylic oxidation sites excluding steroid dienone is 12. The summed E-state index contributed by atoms with van der Waals surface area (Å²) >= 11 is 1.91. The van der Waals surface area contributed by atoms with Gasteiger partial charge in [-0.05, 0) is 101 Å². The molecule has 0 aliphatic heterocycles. The maximum atomic E-state index is 2.51. The van der Waals surface area contributed by atoms with Crippen LogP contribution in [0.4, 0.5) is 0 Å². The van der Waals surface area contributed by atoms with Crippen LogP contribution in [0, 0.1) is 11.8 Å². The van der Waals surface area contributed by atoms with Gasteiger partial charge in [-0.3, -0.25) is 0 Å². The Morgan fingerprint density at radius 1 is 0.518 bits per heavy atom. The largest absolute Gasteiger partial charge is 0.135 e. The second kappa shape index (κ2) is 12.0. The van der Waals surface area contributed by atoms with Crippen molar-refractivity contribution in [3.05, 3.63) is 209 Å². The highest BCUT2D eigenvalue weighted by Crippen LogP contribution is 2.58. The van der Waals surface area contributed by atoms with E-state index >= 15 is 0 Å². The second-order valence-electron chi connectivity index (χ2n) is 16.7. The first-order chi connectivity index (χ1) is 27.5. The molecule has 12 rings (SSSR count). The molecule has 0 saturated carbocycles. The molecule has 0 fully saturated rings. The van der Waals surface area contributed by atoms with Gasteiger partial charge in [-0.25, -0.2) is 0 Å². The Bertz CT molecular complexity index is 3130. The Labute approximate surface area is 331 Å². The zero-order valence-electron chi connectivity index (χ0n) is 31.6. The molecule has 1 aromatic heterocycles. The highest BCUT2D eigenvalue weighted by molar-refractivity contribution is 7.25. The number of rotatable bonds is 3. The quantitative estimate of drug-likeness (QED) is 0.159. The number of hydrogen-bond donors (Lipinski definition) is 0. The van der Waals surface area contributed by atoms with Gasteiger partial charge in [0.2, 0.25) is 0 Å². The van der Waals surface area contributed by atoms with E-state index in [-0.39, 0.29) is 11.3 Å². The van der Waals surface area contributed by atoms with E-state index in [2.05, 4.69) is 190 Å². The summed E-state index contributed by atoms with van der Waals surface area (Å²) < 4.78 is 2.74. The molecule has 7 aromatic carbocycles. The van der Waals surface area contributed by atoms with Gasteiger partial charge in [0.15, 0.2) is 0 Å². The summed E-state index contributed by atoms with van der Waals surface area (Å²) in [5.74, 6) is 0.900. The van der Waals surface area contributed by atoms with Gasteiger partial charge < -0.3 is 0 Å². The summed E-state index contributed by atoms with van der Waals surface area (Å²) in [7, 11) is 0. The number of hydrogen-bond acceptors (Lipinski definition) is 1. The minimum Gasteiger partial charge on any atom is -0.135 e. The van der Waals surface area contributed by atoms with Crippen LogP contribution in [0.2, 0.25) is 0 Å². The molecule has 1 heterocycles. The van der Waals surface area contributed by atoms with Gasteiger partial charge in [0.05, 0.1) is 0 Å². The zero-order chi connectivity index (χ0) is 37.1. The molecule has 4 aliphatic rings. The van der Waals surface area contributed by atoms with Gasteiger partial charge in [0, 0.05) is 43.3 Å². The molecule has 1 heteroatoms. The van der Waals surface area contributed by atoms with Gasteiger partial charge in [-0.15, -0.1) is 11.3 Å². The predicted molar refractivity (Wildman–Crippen MR) is 242 cm³/mol. The fourth-order valence-electron chi connectivity index (χ4n) is 11.1. The molecule has 3 unspecified atom stereocenters.